The third-order valence-corrected chi connectivity index (χ3v) is 0.763. The second-order valence-electron chi connectivity index (χ2n) is 1.36. The monoisotopic (exact) mass is 168 g/mol. The van der Waals surface area contributed by atoms with E-state index >= 15 is 0 Å². The van der Waals surface area contributed by atoms with Gasteiger partial charge in [0.1, 0.15) is 13.2 Å². The van der Waals surface area contributed by atoms with E-state index in [1.807, 2.05) is 0 Å². The molecule has 1 N–H and O–H groups in total. The van der Waals surface area contributed by atoms with E-state index in [1.165, 1.54) is 0 Å². The average molecular weight is 169 g/mol. The molecule has 0 rings (SSSR count). The van der Waals surface area contributed by atoms with E-state index in [2.05, 4.69) is 9.47 Å². The number of rotatable bonds is 4. The van der Waals surface area contributed by atoms with Crippen LogP contribution in [-0.4, -0.2) is 37.0 Å². The van der Waals surface area contributed by atoms with Gasteiger partial charge in [-0.05, 0) is 0 Å². The zero-order chi connectivity index (χ0) is 7.82. The quantitative estimate of drug-likeness (QED) is 0.487. The number of aliphatic hydroxyl groups excluding tert-OH is 1. The highest BCUT2D eigenvalue weighted by atomic mass is 35.5. The van der Waals surface area contributed by atoms with Crippen LogP contribution in [0.4, 0.5) is 4.79 Å². The van der Waals surface area contributed by atoms with Crippen LogP contribution in [-0.2, 0) is 9.47 Å². The molecule has 0 aliphatic heterocycles. The van der Waals surface area contributed by atoms with Crippen molar-refractivity contribution in [3.05, 3.63) is 0 Å². The molecule has 10 heavy (non-hydrogen) atoms. The molecule has 0 amide bonds. The lowest BCUT2D eigenvalue weighted by molar-refractivity contribution is 0.0472. The summed E-state index contributed by atoms with van der Waals surface area (Å²) in [5.74, 6) is 0.244. The first-order valence-electron chi connectivity index (χ1n) is 2.77. The molecule has 0 aromatic heterocycles. The number of carbonyl (C=O) groups is 1. The topological polar surface area (TPSA) is 55.8 Å². The minimum atomic E-state index is -0.797. The standard InChI is InChI=1S/C5H9ClO4/c6-1-3-9-5(8)10-4-2-7/h7H,1-4H2. The number of carbonyl (C=O) groups excluding carboxylic acids is 1. The van der Waals surface area contributed by atoms with Crippen LogP contribution in [0.5, 0.6) is 0 Å². The maximum Gasteiger partial charge on any atom is 0.508 e. The molecule has 0 aliphatic carbocycles. The van der Waals surface area contributed by atoms with E-state index in [0.717, 1.165) is 0 Å². The fraction of sp³-hybridized carbons (Fsp3) is 0.800. The van der Waals surface area contributed by atoms with Gasteiger partial charge in [-0.1, -0.05) is 0 Å². The SMILES string of the molecule is O=C(OCCO)OCCCl. The van der Waals surface area contributed by atoms with Crippen LogP contribution in [0.25, 0.3) is 0 Å². The van der Waals surface area contributed by atoms with Crippen LogP contribution in [0.2, 0.25) is 0 Å². The lowest BCUT2D eigenvalue weighted by Crippen LogP contribution is -2.11. The summed E-state index contributed by atoms with van der Waals surface area (Å²) in [6.45, 7) is -0.108. The number of alkyl halides is 1. The molecule has 0 saturated carbocycles. The molecule has 0 radical (unpaired) electrons. The summed E-state index contributed by atoms with van der Waals surface area (Å²) in [6.07, 6.45) is -0.797. The van der Waals surface area contributed by atoms with Gasteiger partial charge in [-0.25, -0.2) is 4.79 Å². The summed E-state index contributed by atoms with van der Waals surface area (Å²) in [4.78, 5) is 10.3. The van der Waals surface area contributed by atoms with Crippen molar-refractivity contribution in [1.29, 1.82) is 0 Å². The first kappa shape index (κ1) is 9.52. The minimum Gasteiger partial charge on any atom is -0.433 e. The molecule has 0 aromatic carbocycles. The summed E-state index contributed by atoms with van der Waals surface area (Å²) >= 11 is 5.20. The molecule has 0 unspecified atom stereocenters. The van der Waals surface area contributed by atoms with Gasteiger partial charge < -0.3 is 14.6 Å². The molecule has 0 atom stereocenters. The van der Waals surface area contributed by atoms with Gasteiger partial charge in [-0.3, -0.25) is 0 Å². The van der Waals surface area contributed by atoms with E-state index in [4.69, 9.17) is 16.7 Å². The highest BCUT2D eigenvalue weighted by Crippen LogP contribution is 1.85. The zero-order valence-corrected chi connectivity index (χ0v) is 6.13. The largest absolute Gasteiger partial charge is 0.508 e. The third kappa shape index (κ3) is 5.65. The molecule has 60 valence electrons. The molecule has 0 heterocycles. The lowest BCUT2D eigenvalue weighted by atomic mass is 10.8. The average Bonchev–Trinajstić information content (AvgIpc) is 1.97. The second kappa shape index (κ2) is 6.64. The van der Waals surface area contributed by atoms with Crippen molar-refractivity contribution in [2.45, 2.75) is 0 Å². The molecule has 5 heteroatoms. The lowest BCUT2D eigenvalue weighted by Gasteiger charge is -2.01. The van der Waals surface area contributed by atoms with Crippen LogP contribution in [0, 0.1) is 0 Å². The Morgan fingerprint density at radius 1 is 1.40 bits per heavy atom. The first-order chi connectivity index (χ1) is 4.81. The van der Waals surface area contributed by atoms with E-state index in [9.17, 15) is 4.79 Å². The van der Waals surface area contributed by atoms with Crippen molar-refractivity contribution in [3.8, 4) is 0 Å². The number of ether oxygens (including phenoxy) is 2. The Morgan fingerprint density at radius 2 is 2.00 bits per heavy atom. The van der Waals surface area contributed by atoms with Gasteiger partial charge in [0, 0.05) is 0 Å². The summed E-state index contributed by atoms with van der Waals surface area (Å²) < 4.78 is 8.71. The van der Waals surface area contributed by atoms with Gasteiger partial charge >= 0.3 is 6.16 Å². The fourth-order valence-corrected chi connectivity index (χ4v) is 0.370. The molecular formula is C5H9ClO4. The molecule has 0 fully saturated rings. The van der Waals surface area contributed by atoms with Crippen molar-refractivity contribution in [2.24, 2.45) is 0 Å². The van der Waals surface area contributed by atoms with Crippen LogP contribution < -0.4 is 0 Å². The molecule has 4 nitrogen and oxygen atoms in total. The summed E-state index contributed by atoms with van der Waals surface area (Å²) in [5.41, 5.74) is 0. The molecular weight excluding hydrogens is 160 g/mol. The van der Waals surface area contributed by atoms with Crippen molar-refractivity contribution in [1.82, 2.24) is 0 Å². The Labute approximate surface area is 63.7 Å². The molecule has 0 bridgehead atoms. The first-order valence-corrected chi connectivity index (χ1v) is 3.31. The maximum atomic E-state index is 10.3. The summed E-state index contributed by atoms with van der Waals surface area (Å²) in [7, 11) is 0. The number of hydrogen-bond donors (Lipinski definition) is 1. The smallest absolute Gasteiger partial charge is 0.433 e. The van der Waals surface area contributed by atoms with Crippen LogP contribution in [0.3, 0.4) is 0 Å². The highest BCUT2D eigenvalue weighted by molar-refractivity contribution is 6.18. The highest BCUT2D eigenvalue weighted by Gasteiger charge is 2.00. The van der Waals surface area contributed by atoms with E-state index < -0.39 is 6.16 Å². The summed E-state index contributed by atoms with van der Waals surface area (Å²) in [6, 6.07) is 0. The van der Waals surface area contributed by atoms with E-state index in [-0.39, 0.29) is 25.7 Å². The normalized spacial score (nSPS) is 9.00. The maximum absolute atomic E-state index is 10.3. The molecule has 0 spiro atoms. The van der Waals surface area contributed by atoms with Crippen LogP contribution in [0.1, 0.15) is 0 Å². The Bertz CT molecular complexity index is 85.6. The van der Waals surface area contributed by atoms with Gasteiger partial charge in [-0.2, -0.15) is 0 Å². The number of hydrogen-bond acceptors (Lipinski definition) is 4. The Balaban J connectivity index is 3.09. The Morgan fingerprint density at radius 3 is 2.50 bits per heavy atom. The number of aliphatic hydroxyl groups is 1. The van der Waals surface area contributed by atoms with Crippen LogP contribution >= 0.6 is 11.6 Å². The van der Waals surface area contributed by atoms with Crippen LogP contribution in [0.15, 0.2) is 0 Å². The van der Waals surface area contributed by atoms with Crippen molar-refractivity contribution in [2.75, 3.05) is 25.7 Å². The van der Waals surface area contributed by atoms with Gasteiger partial charge in [0.25, 0.3) is 0 Å². The second-order valence-corrected chi connectivity index (χ2v) is 1.74. The zero-order valence-electron chi connectivity index (χ0n) is 5.38. The Hall–Kier alpha value is -0.480. The van der Waals surface area contributed by atoms with E-state index in [0.29, 0.717) is 0 Å². The number of halogens is 1. The molecule has 0 aliphatic rings. The van der Waals surface area contributed by atoms with E-state index in [1.54, 1.807) is 0 Å². The predicted octanol–water partition coefficient (Wildman–Crippen LogP) is 0.371. The summed E-state index contributed by atoms with van der Waals surface area (Å²) in [5, 5.41) is 8.18. The third-order valence-electron chi connectivity index (χ3n) is 0.608. The van der Waals surface area contributed by atoms with Crippen molar-refractivity contribution in [3.63, 3.8) is 0 Å². The fourth-order valence-electron chi connectivity index (χ4n) is 0.293. The van der Waals surface area contributed by atoms with Gasteiger partial charge in [-0.15, -0.1) is 11.6 Å². The molecule has 0 saturated heterocycles. The van der Waals surface area contributed by atoms with Crippen molar-refractivity contribution < 1.29 is 19.4 Å². The predicted molar refractivity (Wildman–Crippen MR) is 35.1 cm³/mol. The van der Waals surface area contributed by atoms with Gasteiger partial charge in [0.15, 0.2) is 0 Å². The van der Waals surface area contributed by atoms with Gasteiger partial charge in [0.05, 0.1) is 12.5 Å². The van der Waals surface area contributed by atoms with Crippen molar-refractivity contribution >= 4 is 17.8 Å². The molecule has 0 aromatic rings. The van der Waals surface area contributed by atoms with Gasteiger partial charge in [0.2, 0.25) is 0 Å². The minimum absolute atomic E-state index is 0.0406. The Kier molecular flexibility index (Phi) is 6.32.